The predicted octanol–water partition coefficient (Wildman–Crippen LogP) is 5.73. The molecule has 1 aromatic carbocycles. The Balaban J connectivity index is 1.94. The zero-order valence-electron chi connectivity index (χ0n) is 9.19. The Hall–Kier alpha value is -1.26. The molecule has 0 aliphatic rings. The first kappa shape index (κ1) is 11.8. The van der Waals surface area contributed by atoms with Crippen LogP contribution in [0, 0.1) is 0 Å². The summed E-state index contributed by atoms with van der Waals surface area (Å²) in [7, 11) is 0. The van der Waals surface area contributed by atoms with E-state index in [1.54, 1.807) is 0 Å². The van der Waals surface area contributed by atoms with Crippen LogP contribution in [0.4, 0.5) is 0 Å². The third-order valence-corrected chi connectivity index (χ3v) is 3.45. The quantitative estimate of drug-likeness (QED) is 0.577. The van der Waals surface area contributed by atoms with Crippen molar-refractivity contribution < 1.29 is 8.83 Å². The van der Waals surface area contributed by atoms with Crippen molar-refractivity contribution in [2.45, 2.75) is 0 Å². The maximum atomic E-state index is 5.50. The molecule has 90 valence electrons. The molecule has 0 aliphatic heterocycles. The average molecular weight is 368 g/mol. The van der Waals surface area contributed by atoms with Gasteiger partial charge in [0.15, 0.2) is 9.34 Å². The Morgan fingerprint density at radius 3 is 1.22 bits per heavy atom. The largest absolute Gasteiger partial charge is 0.449 e. The van der Waals surface area contributed by atoms with Gasteiger partial charge in [-0.25, -0.2) is 0 Å². The van der Waals surface area contributed by atoms with E-state index in [9.17, 15) is 0 Å². The van der Waals surface area contributed by atoms with Crippen molar-refractivity contribution in [3.8, 4) is 22.6 Å². The van der Waals surface area contributed by atoms with Gasteiger partial charge in [-0.05, 0) is 56.1 Å². The minimum atomic E-state index is 0.733. The van der Waals surface area contributed by atoms with E-state index < -0.39 is 0 Å². The summed E-state index contributed by atoms with van der Waals surface area (Å²) < 4.78 is 12.5. The second kappa shape index (κ2) is 4.78. The van der Waals surface area contributed by atoms with Crippen molar-refractivity contribution in [1.82, 2.24) is 0 Å². The molecule has 4 heteroatoms. The van der Waals surface area contributed by atoms with E-state index in [2.05, 4.69) is 31.9 Å². The molecule has 2 nitrogen and oxygen atoms in total. The van der Waals surface area contributed by atoms with E-state index in [-0.39, 0.29) is 0 Å². The van der Waals surface area contributed by atoms with Gasteiger partial charge in [0.2, 0.25) is 0 Å². The van der Waals surface area contributed by atoms with E-state index >= 15 is 0 Å². The molecular weight excluding hydrogens is 360 g/mol. The zero-order chi connectivity index (χ0) is 12.5. The van der Waals surface area contributed by atoms with Gasteiger partial charge in [-0.3, -0.25) is 0 Å². The Morgan fingerprint density at radius 1 is 0.556 bits per heavy atom. The first-order valence-electron chi connectivity index (χ1n) is 5.34. The first-order chi connectivity index (χ1) is 8.72. The van der Waals surface area contributed by atoms with E-state index in [1.165, 1.54) is 0 Å². The lowest BCUT2D eigenvalue weighted by molar-refractivity contribution is 0.554. The number of hydrogen-bond acceptors (Lipinski definition) is 2. The molecule has 0 atom stereocenters. The molecule has 3 aromatic rings. The van der Waals surface area contributed by atoms with Crippen molar-refractivity contribution in [2.24, 2.45) is 0 Å². The van der Waals surface area contributed by atoms with Crippen molar-refractivity contribution in [1.29, 1.82) is 0 Å². The van der Waals surface area contributed by atoms with Gasteiger partial charge >= 0.3 is 0 Å². The van der Waals surface area contributed by atoms with E-state index in [0.29, 0.717) is 0 Å². The topological polar surface area (TPSA) is 26.3 Å². The Morgan fingerprint density at radius 2 is 0.944 bits per heavy atom. The first-order valence-corrected chi connectivity index (χ1v) is 6.92. The molecule has 18 heavy (non-hydrogen) atoms. The van der Waals surface area contributed by atoms with Crippen LogP contribution in [0.25, 0.3) is 22.6 Å². The lowest BCUT2D eigenvalue weighted by atomic mass is 10.1. The van der Waals surface area contributed by atoms with Crippen LogP contribution in [0.5, 0.6) is 0 Å². The summed E-state index contributed by atoms with van der Waals surface area (Å²) in [5.41, 5.74) is 2.07. The molecule has 0 unspecified atom stereocenters. The second-order valence-corrected chi connectivity index (χ2v) is 5.35. The smallest absolute Gasteiger partial charge is 0.169 e. The fraction of sp³-hybridized carbons (Fsp3) is 0. The normalized spacial score (nSPS) is 10.8. The minimum absolute atomic E-state index is 0.733. The predicted molar refractivity (Wildman–Crippen MR) is 77.2 cm³/mol. The second-order valence-electron chi connectivity index (χ2n) is 3.78. The number of hydrogen-bond donors (Lipinski definition) is 0. The molecule has 2 heterocycles. The molecule has 0 radical (unpaired) electrons. The highest BCUT2D eigenvalue weighted by atomic mass is 79.9. The Bertz CT molecular complexity index is 606. The number of furan rings is 2. The van der Waals surface area contributed by atoms with Crippen LogP contribution in [0.15, 0.2) is 66.7 Å². The SMILES string of the molecule is Brc1ccc(-c2ccc(-c3ccc(Br)o3)cc2)o1. The lowest BCUT2D eigenvalue weighted by Crippen LogP contribution is -1.76. The van der Waals surface area contributed by atoms with Crippen molar-refractivity contribution >= 4 is 31.9 Å². The van der Waals surface area contributed by atoms with Gasteiger partial charge in [0, 0.05) is 11.1 Å². The summed E-state index contributed by atoms with van der Waals surface area (Å²) in [4.78, 5) is 0. The molecule has 0 bridgehead atoms. The molecule has 0 fully saturated rings. The van der Waals surface area contributed by atoms with Crippen LogP contribution in [0.3, 0.4) is 0 Å². The maximum absolute atomic E-state index is 5.50. The summed E-state index contributed by atoms with van der Waals surface area (Å²) in [5.74, 6) is 1.68. The van der Waals surface area contributed by atoms with E-state index in [0.717, 1.165) is 32.0 Å². The highest BCUT2D eigenvalue weighted by Gasteiger charge is 2.06. The van der Waals surface area contributed by atoms with Gasteiger partial charge in [-0.1, -0.05) is 24.3 Å². The lowest BCUT2D eigenvalue weighted by Gasteiger charge is -1.99. The van der Waals surface area contributed by atoms with Gasteiger partial charge < -0.3 is 8.83 Å². The van der Waals surface area contributed by atoms with Gasteiger partial charge in [-0.2, -0.15) is 0 Å². The van der Waals surface area contributed by atoms with Gasteiger partial charge in [0.1, 0.15) is 11.5 Å². The van der Waals surface area contributed by atoms with Gasteiger partial charge in [0.25, 0.3) is 0 Å². The Kier molecular flexibility index (Phi) is 3.14. The molecule has 0 saturated heterocycles. The van der Waals surface area contributed by atoms with Crippen LogP contribution in [0.2, 0.25) is 0 Å². The summed E-state index contributed by atoms with van der Waals surface area (Å²) in [6.07, 6.45) is 0. The van der Waals surface area contributed by atoms with Gasteiger partial charge in [0.05, 0.1) is 0 Å². The molecule has 0 spiro atoms. The molecule has 2 aromatic heterocycles. The summed E-state index contributed by atoms with van der Waals surface area (Å²) in [6.45, 7) is 0. The average Bonchev–Trinajstić information content (AvgIpc) is 2.98. The molecule has 0 N–H and O–H groups in total. The fourth-order valence-electron chi connectivity index (χ4n) is 1.74. The third-order valence-electron chi connectivity index (χ3n) is 2.60. The van der Waals surface area contributed by atoms with E-state index in [4.69, 9.17) is 8.83 Å². The van der Waals surface area contributed by atoms with Crippen LogP contribution < -0.4 is 0 Å². The molecule has 0 saturated carbocycles. The zero-order valence-corrected chi connectivity index (χ0v) is 12.4. The van der Waals surface area contributed by atoms with Crippen LogP contribution >= 0.6 is 31.9 Å². The number of benzene rings is 1. The number of rotatable bonds is 2. The van der Waals surface area contributed by atoms with Crippen molar-refractivity contribution in [3.63, 3.8) is 0 Å². The van der Waals surface area contributed by atoms with Crippen LogP contribution in [-0.4, -0.2) is 0 Å². The third kappa shape index (κ3) is 2.31. The Labute approximate surface area is 121 Å². The highest BCUT2D eigenvalue weighted by Crippen LogP contribution is 2.29. The minimum Gasteiger partial charge on any atom is -0.449 e. The number of halogens is 2. The highest BCUT2D eigenvalue weighted by molar-refractivity contribution is 9.10. The van der Waals surface area contributed by atoms with Crippen molar-refractivity contribution in [2.75, 3.05) is 0 Å². The maximum Gasteiger partial charge on any atom is 0.169 e. The molecule has 0 aliphatic carbocycles. The van der Waals surface area contributed by atoms with Crippen LogP contribution in [-0.2, 0) is 0 Å². The van der Waals surface area contributed by atoms with Crippen molar-refractivity contribution in [3.05, 3.63) is 57.9 Å². The monoisotopic (exact) mass is 366 g/mol. The fourth-order valence-corrected chi connectivity index (χ4v) is 2.35. The summed E-state index contributed by atoms with van der Waals surface area (Å²) in [5, 5.41) is 0. The van der Waals surface area contributed by atoms with E-state index in [1.807, 2.05) is 48.5 Å². The summed E-state index contributed by atoms with van der Waals surface area (Å²) in [6, 6.07) is 15.7. The van der Waals surface area contributed by atoms with Gasteiger partial charge in [-0.15, -0.1) is 0 Å². The van der Waals surface area contributed by atoms with Crippen LogP contribution in [0.1, 0.15) is 0 Å². The molecule has 0 amide bonds. The summed E-state index contributed by atoms with van der Waals surface area (Å²) >= 11 is 6.59. The molecule has 3 rings (SSSR count). The standard InChI is InChI=1S/C14H8Br2O2/c15-13-7-5-11(17-13)9-1-2-10(4-3-9)12-6-8-14(16)18-12/h1-8H. The molecular formula is C14H8Br2O2.